The molecule has 0 bridgehead atoms. The maximum atomic E-state index is 12.8. The minimum atomic E-state index is -3.91. The third-order valence-electron chi connectivity index (χ3n) is 3.88. The predicted molar refractivity (Wildman–Crippen MR) is 96.8 cm³/mol. The highest BCUT2D eigenvalue weighted by molar-refractivity contribution is 7.92. The molecule has 0 radical (unpaired) electrons. The Bertz CT molecular complexity index is 1060. The van der Waals surface area contributed by atoms with E-state index in [9.17, 15) is 8.42 Å². The lowest BCUT2D eigenvalue weighted by atomic mass is 10.2. The van der Waals surface area contributed by atoms with Gasteiger partial charge in [0.15, 0.2) is 5.65 Å². The molecule has 1 aromatic carbocycles. The zero-order valence-corrected chi connectivity index (χ0v) is 15.7. The van der Waals surface area contributed by atoms with Gasteiger partial charge < -0.3 is 4.74 Å². The fourth-order valence-electron chi connectivity index (χ4n) is 2.59. The molecule has 0 fully saturated rings. The highest BCUT2D eigenvalue weighted by Crippen LogP contribution is 2.31. The van der Waals surface area contributed by atoms with E-state index in [-0.39, 0.29) is 5.03 Å². The summed E-state index contributed by atoms with van der Waals surface area (Å²) in [7, 11) is -0.722. The Hall–Kier alpha value is -2.32. The molecule has 0 aliphatic carbocycles. The number of rotatable bonds is 4. The van der Waals surface area contributed by atoms with Crippen LogP contribution in [0.4, 0.5) is 5.69 Å². The summed E-state index contributed by atoms with van der Waals surface area (Å²) in [5, 5.41) is 4.90. The SMILES string of the molecule is COc1ccc(NS(=O)(=O)c2nn(C)c3nc(C)c(Cl)c(C)c23)cc1. The Kier molecular flexibility index (Phi) is 4.34. The van der Waals surface area contributed by atoms with Crippen LogP contribution in [-0.4, -0.2) is 30.3 Å². The number of hydrogen-bond acceptors (Lipinski definition) is 5. The minimum absolute atomic E-state index is 0.104. The van der Waals surface area contributed by atoms with Gasteiger partial charge >= 0.3 is 0 Å². The molecule has 132 valence electrons. The number of benzene rings is 1. The van der Waals surface area contributed by atoms with Gasteiger partial charge in [0.1, 0.15) is 5.75 Å². The zero-order chi connectivity index (χ0) is 18.4. The lowest BCUT2D eigenvalue weighted by Crippen LogP contribution is -2.14. The Morgan fingerprint density at radius 2 is 1.84 bits per heavy atom. The van der Waals surface area contributed by atoms with Crippen LogP contribution in [0, 0.1) is 13.8 Å². The molecule has 0 saturated heterocycles. The largest absolute Gasteiger partial charge is 0.497 e. The van der Waals surface area contributed by atoms with Gasteiger partial charge in [-0.3, -0.25) is 4.72 Å². The Balaban J connectivity index is 2.12. The highest BCUT2D eigenvalue weighted by Gasteiger charge is 2.26. The summed E-state index contributed by atoms with van der Waals surface area (Å²) in [5.74, 6) is 0.633. The molecule has 0 unspecified atom stereocenters. The summed E-state index contributed by atoms with van der Waals surface area (Å²) in [6.45, 7) is 3.53. The second kappa shape index (κ2) is 6.20. The van der Waals surface area contributed by atoms with Gasteiger partial charge in [0.25, 0.3) is 10.0 Å². The Labute approximate surface area is 150 Å². The van der Waals surface area contributed by atoms with Crippen molar-refractivity contribution in [1.82, 2.24) is 14.8 Å². The number of aromatic nitrogens is 3. The van der Waals surface area contributed by atoms with Crippen molar-refractivity contribution in [1.29, 1.82) is 0 Å². The van der Waals surface area contributed by atoms with Crippen LogP contribution in [0.25, 0.3) is 11.0 Å². The van der Waals surface area contributed by atoms with Gasteiger partial charge in [0.05, 0.1) is 23.2 Å². The summed E-state index contributed by atoms with van der Waals surface area (Å²) in [6, 6.07) is 6.57. The van der Waals surface area contributed by atoms with E-state index in [1.165, 1.54) is 4.68 Å². The molecule has 2 heterocycles. The van der Waals surface area contributed by atoms with Gasteiger partial charge in [0, 0.05) is 12.7 Å². The van der Waals surface area contributed by atoms with Crippen LogP contribution in [0.3, 0.4) is 0 Å². The number of nitrogens with one attached hydrogen (secondary N) is 1. The standard InChI is InChI=1S/C16H17ClN4O3S/c1-9-13-15(18-10(2)14(9)17)21(3)19-16(13)25(22,23)20-11-5-7-12(24-4)8-6-11/h5-8,20H,1-4H3. The van der Waals surface area contributed by atoms with Gasteiger partial charge in [0.2, 0.25) is 5.03 Å². The quantitative estimate of drug-likeness (QED) is 0.751. The van der Waals surface area contributed by atoms with Crippen molar-refractivity contribution >= 4 is 38.3 Å². The fraction of sp³-hybridized carbons (Fsp3) is 0.250. The van der Waals surface area contributed by atoms with Crippen LogP contribution < -0.4 is 9.46 Å². The minimum Gasteiger partial charge on any atom is -0.497 e. The number of hydrogen-bond donors (Lipinski definition) is 1. The topological polar surface area (TPSA) is 86.1 Å². The van der Waals surface area contributed by atoms with Crippen molar-refractivity contribution in [3.8, 4) is 5.75 Å². The van der Waals surface area contributed by atoms with Gasteiger partial charge in [-0.2, -0.15) is 13.5 Å². The van der Waals surface area contributed by atoms with Crippen molar-refractivity contribution < 1.29 is 13.2 Å². The number of fused-ring (bicyclic) bond motifs is 1. The molecule has 0 saturated carbocycles. The molecule has 0 aliphatic heterocycles. The van der Waals surface area contributed by atoms with Crippen LogP contribution in [-0.2, 0) is 17.1 Å². The third kappa shape index (κ3) is 3.03. The number of anilines is 1. The first-order valence-corrected chi connectivity index (χ1v) is 9.27. The first kappa shape index (κ1) is 17.5. The molecular weight excluding hydrogens is 364 g/mol. The molecule has 9 heteroatoms. The van der Waals surface area contributed by atoms with Gasteiger partial charge in [-0.05, 0) is 43.7 Å². The van der Waals surface area contributed by atoms with Crippen molar-refractivity contribution in [3.05, 3.63) is 40.5 Å². The third-order valence-corrected chi connectivity index (χ3v) is 5.73. The number of halogens is 1. The van der Waals surface area contributed by atoms with Crippen LogP contribution >= 0.6 is 11.6 Å². The molecule has 0 amide bonds. The lowest BCUT2D eigenvalue weighted by molar-refractivity contribution is 0.415. The lowest BCUT2D eigenvalue weighted by Gasteiger charge is -2.08. The first-order valence-electron chi connectivity index (χ1n) is 7.41. The maximum absolute atomic E-state index is 12.8. The molecule has 3 rings (SSSR count). The van der Waals surface area contributed by atoms with E-state index < -0.39 is 10.0 Å². The van der Waals surface area contributed by atoms with Crippen LogP contribution in [0.15, 0.2) is 29.3 Å². The van der Waals surface area contributed by atoms with E-state index in [0.717, 1.165) is 0 Å². The molecule has 0 aliphatic rings. The monoisotopic (exact) mass is 380 g/mol. The van der Waals surface area contributed by atoms with E-state index in [0.29, 0.717) is 38.8 Å². The summed E-state index contributed by atoms with van der Waals surface area (Å²) in [6.07, 6.45) is 0. The number of pyridine rings is 1. The first-order chi connectivity index (χ1) is 11.7. The van der Waals surface area contributed by atoms with E-state index in [4.69, 9.17) is 16.3 Å². The number of ether oxygens (including phenoxy) is 1. The molecule has 1 N–H and O–H groups in total. The zero-order valence-electron chi connectivity index (χ0n) is 14.2. The predicted octanol–water partition coefficient (Wildman–Crippen LogP) is 3.05. The van der Waals surface area contributed by atoms with E-state index in [1.54, 1.807) is 52.3 Å². The van der Waals surface area contributed by atoms with Crippen molar-refractivity contribution in [2.45, 2.75) is 18.9 Å². The molecular formula is C16H17ClN4O3S. The smallest absolute Gasteiger partial charge is 0.281 e. The van der Waals surface area contributed by atoms with Crippen LogP contribution in [0.5, 0.6) is 5.75 Å². The van der Waals surface area contributed by atoms with Gasteiger partial charge in [-0.15, -0.1) is 0 Å². The number of aryl methyl sites for hydroxylation is 3. The molecule has 2 aromatic heterocycles. The van der Waals surface area contributed by atoms with E-state index >= 15 is 0 Å². The highest BCUT2D eigenvalue weighted by atomic mass is 35.5. The van der Waals surface area contributed by atoms with Crippen molar-refractivity contribution in [3.63, 3.8) is 0 Å². The number of methoxy groups -OCH3 is 1. The Morgan fingerprint density at radius 1 is 1.20 bits per heavy atom. The second-order valence-electron chi connectivity index (χ2n) is 5.60. The normalized spacial score (nSPS) is 11.7. The maximum Gasteiger partial charge on any atom is 0.281 e. The van der Waals surface area contributed by atoms with Crippen LogP contribution in [0.2, 0.25) is 5.02 Å². The molecule has 7 nitrogen and oxygen atoms in total. The summed E-state index contributed by atoms with van der Waals surface area (Å²) in [5.41, 5.74) is 2.13. The molecule has 25 heavy (non-hydrogen) atoms. The van der Waals surface area contributed by atoms with Crippen LogP contribution in [0.1, 0.15) is 11.3 Å². The van der Waals surface area contributed by atoms with E-state index in [2.05, 4.69) is 14.8 Å². The van der Waals surface area contributed by atoms with E-state index in [1.807, 2.05) is 0 Å². The van der Waals surface area contributed by atoms with Gasteiger partial charge in [-0.1, -0.05) is 11.6 Å². The Morgan fingerprint density at radius 3 is 2.44 bits per heavy atom. The average Bonchev–Trinajstić information content (AvgIpc) is 2.91. The molecule has 0 atom stereocenters. The fourth-order valence-corrected chi connectivity index (χ4v) is 4.01. The average molecular weight is 381 g/mol. The number of sulfonamides is 1. The summed E-state index contributed by atoms with van der Waals surface area (Å²) in [4.78, 5) is 4.36. The second-order valence-corrected chi connectivity index (χ2v) is 7.57. The van der Waals surface area contributed by atoms with Gasteiger partial charge in [-0.25, -0.2) is 9.67 Å². The summed E-state index contributed by atoms with van der Waals surface area (Å²) < 4.78 is 34.7. The van der Waals surface area contributed by atoms with Crippen molar-refractivity contribution in [2.75, 3.05) is 11.8 Å². The summed E-state index contributed by atoms with van der Waals surface area (Å²) >= 11 is 6.25. The molecule has 3 aromatic rings. The number of nitrogens with zero attached hydrogens (tertiary/aromatic N) is 3. The molecule has 0 spiro atoms. The van der Waals surface area contributed by atoms with Crippen molar-refractivity contribution in [2.24, 2.45) is 7.05 Å².